The first-order valence-corrected chi connectivity index (χ1v) is 8.96. The molecule has 0 aliphatic carbocycles. The Kier molecular flexibility index (Phi) is 7.91. The smallest absolute Gasteiger partial charge is 0.238 e. The van der Waals surface area contributed by atoms with Gasteiger partial charge in [-0.05, 0) is 42.9 Å². The number of ether oxygens (including phenoxy) is 1. The van der Waals surface area contributed by atoms with Crippen LogP contribution in [0.2, 0.25) is 10.0 Å². The average Bonchev–Trinajstić information content (AvgIpc) is 2.61. The Balaban J connectivity index is 1.79. The minimum absolute atomic E-state index is 0.0457. The Morgan fingerprint density at radius 3 is 2.30 bits per heavy atom. The van der Waals surface area contributed by atoms with E-state index in [0.29, 0.717) is 28.0 Å². The number of likely N-dealkylation sites (N-methyl/N-ethyl adjacent to an activating group) is 1. The minimum atomic E-state index is -0.274. The number of rotatable bonds is 8. The summed E-state index contributed by atoms with van der Waals surface area (Å²) in [6.07, 6.45) is 0. The molecule has 27 heavy (non-hydrogen) atoms. The summed E-state index contributed by atoms with van der Waals surface area (Å²) in [4.78, 5) is 25.8. The Morgan fingerprint density at radius 2 is 1.63 bits per heavy atom. The van der Waals surface area contributed by atoms with Crippen molar-refractivity contribution < 1.29 is 14.3 Å². The zero-order valence-electron chi connectivity index (χ0n) is 15.1. The maximum Gasteiger partial charge on any atom is 0.238 e. The van der Waals surface area contributed by atoms with Gasteiger partial charge in [0.15, 0.2) is 0 Å². The molecule has 0 atom stereocenters. The summed E-state index contributed by atoms with van der Waals surface area (Å²) in [5.74, 6) is 0.0558. The van der Waals surface area contributed by atoms with E-state index in [9.17, 15) is 9.59 Å². The molecule has 144 valence electrons. The van der Waals surface area contributed by atoms with E-state index in [1.807, 2.05) is 12.1 Å². The second kappa shape index (κ2) is 10.2. The summed E-state index contributed by atoms with van der Waals surface area (Å²) in [7, 11) is 3.20. The van der Waals surface area contributed by atoms with Crippen LogP contribution >= 0.6 is 23.2 Å². The van der Waals surface area contributed by atoms with Gasteiger partial charge in [-0.3, -0.25) is 14.5 Å². The fourth-order valence-corrected chi connectivity index (χ4v) is 2.67. The van der Waals surface area contributed by atoms with Crippen LogP contribution in [0.4, 0.5) is 5.69 Å². The van der Waals surface area contributed by atoms with Gasteiger partial charge < -0.3 is 15.4 Å². The fraction of sp³-hybridized carbons (Fsp3) is 0.263. The van der Waals surface area contributed by atoms with Gasteiger partial charge in [0, 0.05) is 16.6 Å². The van der Waals surface area contributed by atoms with Gasteiger partial charge in [-0.15, -0.1) is 0 Å². The van der Waals surface area contributed by atoms with Crippen molar-refractivity contribution in [1.82, 2.24) is 10.2 Å². The van der Waals surface area contributed by atoms with Crippen LogP contribution in [0.5, 0.6) is 5.75 Å². The van der Waals surface area contributed by atoms with E-state index < -0.39 is 0 Å². The largest absolute Gasteiger partial charge is 0.495 e. The van der Waals surface area contributed by atoms with E-state index in [1.54, 1.807) is 42.3 Å². The van der Waals surface area contributed by atoms with E-state index in [-0.39, 0.29) is 24.9 Å². The van der Waals surface area contributed by atoms with Crippen molar-refractivity contribution in [3.8, 4) is 5.75 Å². The third-order valence-corrected chi connectivity index (χ3v) is 4.15. The summed E-state index contributed by atoms with van der Waals surface area (Å²) in [5.41, 5.74) is 1.43. The molecule has 0 heterocycles. The molecule has 2 amide bonds. The SMILES string of the molecule is COc1ccc(Cl)cc1NC(=O)CN(C)CC(=O)NCc1ccc(Cl)cc1. The number of anilines is 1. The zero-order chi connectivity index (χ0) is 19.8. The molecular formula is C19H21Cl2N3O3. The van der Waals surface area contributed by atoms with E-state index >= 15 is 0 Å². The first-order chi connectivity index (χ1) is 12.9. The molecule has 8 heteroatoms. The van der Waals surface area contributed by atoms with Crippen LogP contribution in [0.15, 0.2) is 42.5 Å². The number of halogens is 2. The van der Waals surface area contributed by atoms with Crippen molar-refractivity contribution in [2.45, 2.75) is 6.54 Å². The topological polar surface area (TPSA) is 70.7 Å². The Bertz CT molecular complexity index is 797. The van der Waals surface area contributed by atoms with Gasteiger partial charge >= 0.3 is 0 Å². The summed E-state index contributed by atoms with van der Waals surface area (Å²) in [5, 5.41) is 6.67. The average molecular weight is 410 g/mol. The number of methoxy groups -OCH3 is 1. The maximum absolute atomic E-state index is 12.2. The number of hydrogen-bond donors (Lipinski definition) is 2. The Labute approximate surface area is 168 Å². The lowest BCUT2D eigenvalue weighted by Crippen LogP contribution is -2.38. The molecule has 0 fully saturated rings. The molecule has 0 unspecified atom stereocenters. The molecule has 0 aliphatic heterocycles. The number of amides is 2. The lowest BCUT2D eigenvalue weighted by Gasteiger charge is -2.17. The minimum Gasteiger partial charge on any atom is -0.495 e. The molecule has 2 aromatic carbocycles. The first-order valence-electron chi connectivity index (χ1n) is 8.20. The van der Waals surface area contributed by atoms with Gasteiger partial charge in [0.2, 0.25) is 11.8 Å². The molecule has 0 bridgehead atoms. The van der Waals surface area contributed by atoms with Crippen LogP contribution < -0.4 is 15.4 Å². The molecule has 0 saturated heterocycles. The molecule has 0 spiro atoms. The zero-order valence-corrected chi connectivity index (χ0v) is 16.6. The van der Waals surface area contributed by atoms with Crippen molar-refractivity contribution in [2.75, 3.05) is 32.6 Å². The molecule has 2 rings (SSSR count). The van der Waals surface area contributed by atoms with Crippen molar-refractivity contribution in [1.29, 1.82) is 0 Å². The second-order valence-electron chi connectivity index (χ2n) is 5.97. The van der Waals surface area contributed by atoms with Crippen LogP contribution in [-0.4, -0.2) is 44.0 Å². The van der Waals surface area contributed by atoms with E-state index in [1.165, 1.54) is 7.11 Å². The standard InChI is InChI=1S/C19H21Cl2N3O3/c1-24(11-18(25)22-10-13-3-5-14(20)6-4-13)12-19(26)23-16-9-15(21)7-8-17(16)27-2/h3-9H,10-12H2,1-2H3,(H,22,25)(H,23,26). The predicted octanol–water partition coefficient (Wildman–Crippen LogP) is 3.19. The second-order valence-corrected chi connectivity index (χ2v) is 6.84. The molecule has 0 saturated carbocycles. The number of carbonyl (C=O) groups excluding carboxylic acids is 2. The summed E-state index contributed by atoms with van der Waals surface area (Å²) < 4.78 is 5.19. The fourth-order valence-electron chi connectivity index (χ4n) is 2.37. The summed E-state index contributed by atoms with van der Waals surface area (Å²) >= 11 is 11.8. The van der Waals surface area contributed by atoms with Crippen molar-refractivity contribution in [2.24, 2.45) is 0 Å². The molecule has 0 radical (unpaired) electrons. The van der Waals surface area contributed by atoms with Crippen molar-refractivity contribution in [3.05, 3.63) is 58.1 Å². The van der Waals surface area contributed by atoms with Crippen molar-refractivity contribution in [3.63, 3.8) is 0 Å². The highest BCUT2D eigenvalue weighted by Crippen LogP contribution is 2.27. The molecule has 6 nitrogen and oxygen atoms in total. The number of nitrogens with zero attached hydrogens (tertiary/aromatic N) is 1. The lowest BCUT2D eigenvalue weighted by atomic mass is 10.2. The number of nitrogens with one attached hydrogen (secondary N) is 2. The van der Waals surface area contributed by atoms with Gasteiger partial charge in [0.1, 0.15) is 5.75 Å². The highest BCUT2D eigenvalue weighted by molar-refractivity contribution is 6.31. The van der Waals surface area contributed by atoms with Gasteiger partial charge in [-0.1, -0.05) is 35.3 Å². The normalized spacial score (nSPS) is 10.6. The third kappa shape index (κ3) is 7.09. The number of hydrogen-bond acceptors (Lipinski definition) is 4. The summed E-state index contributed by atoms with van der Waals surface area (Å²) in [6, 6.07) is 12.2. The molecule has 0 aromatic heterocycles. The third-order valence-electron chi connectivity index (χ3n) is 3.67. The van der Waals surface area contributed by atoms with Gasteiger partial charge in [0.25, 0.3) is 0 Å². The summed E-state index contributed by atoms with van der Waals surface area (Å²) in [6.45, 7) is 0.535. The first kappa shape index (κ1) is 21.0. The molecule has 2 N–H and O–H groups in total. The van der Waals surface area contributed by atoms with Crippen LogP contribution in [0.3, 0.4) is 0 Å². The lowest BCUT2D eigenvalue weighted by molar-refractivity contribution is -0.123. The predicted molar refractivity (Wildman–Crippen MR) is 107 cm³/mol. The highest BCUT2D eigenvalue weighted by Gasteiger charge is 2.13. The van der Waals surface area contributed by atoms with E-state index in [0.717, 1.165) is 5.56 Å². The van der Waals surface area contributed by atoms with Crippen LogP contribution in [0.25, 0.3) is 0 Å². The molecule has 2 aromatic rings. The van der Waals surface area contributed by atoms with Crippen LogP contribution in [-0.2, 0) is 16.1 Å². The number of benzene rings is 2. The Morgan fingerprint density at radius 1 is 1.00 bits per heavy atom. The quantitative estimate of drug-likeness (QED) is 0.702. The van der Waals surface area contributed by atoms with Gasteiger partial charge in [0.05, 0.1) is 25.9 Å². The van der Waals surface area contributed by atoms with Crippen LogP contribution in [0.1, 0.15) is 5.56 Å². The number of carbonyl (C=O) groups is 2. The Hall–Kier alpha value is -2.28. The van der Waals surface area contributed by atoms with Crippen LogP contribution in [0, 0.1) is 0 Å². The maximum atomic E-state index is 12.2. The highest BCUT2D eigenvalue weighted by atomic mass is 35.5. The molecule has 0 aliphatic rings. The van der Waals surface area contributed by atoms with E-state index in [4.69, 9.17) is 27.9 Å². The monoisotopic (exact) mass is 409 g/mol. The van der Waals surface area contributed by atoms with Crippen molar-refractivity contribution >= 4 is 40.7 Å². The van der Waals surface area contributed by atoms with Gasteiger partial charge in [-0.25, -0.2) is 0 Å². The van der Waals surface area contributed by atoms with Gasteiger partial charge in [-0.2, -0.15) is 0 Å². The van der Waals surface area contributed by atoms with E-state index in [2.05, 4.69) is 10.6 Å². The molecular weight excluding hydrogens is 389 g/mol.